The maximum Gasteiger partial charge on any atom is 0.236 e. The topological polar surface area (TPSA) is 75.4 Å². The Balaban J connectivity index is 2.12. The highest BCUT2D eigenvalue weighted by molar-refractivity contribution is 5.77. The molecule has 0 saturated heterocycles. The summed E-state index contributed by atoms with van der Waals surface area (Å²) in [6.07, 6.45) is 0.691. The number of benzene rings is 2. The number of nitrogens with two attached hydrogens (primary N) is 1. The summed E-state index contributed by atoms with van der Waals surface area (Å²) in [5, 5.41) is 2.64. The van der Waals surface area contributed by atoms with Gasteiger partial charge in [0.2, 0.25) is 12.3 Å². The van der Waals surface area contributed by atoms with Crippen molar-refractivity contribution in [3.63, 3.8) is 0 Å². The summed E-state index contributed by atoms with van der Waals surface area (Å²) in [6.45, 7) is 1.08. The van der Waals surface area contributed by atoms with Crippen molar-refractivity contribution in [2.45, 2.75) is 13.1 Å². The maximum atomic E-state index is 11.6. The predicted octanol–water partition coefficient (Wildman–Crippen LogP) is 1.52. The second-order valence-electron chi connectivity index (χ2n) is 5.35. The molecule has 120 valence electrons. The Labute approximate surface area is 136 Å². The van der Waals surface area contributed by atoms with Crippen molar-refractivity contribution >= 4 is 12.3 Å². The van der Waals surface area contributed by atoms with E-state index in [0.29, 0.717) is 19.5 Å². The van der Waals surface area contributed by atoms with E-state index in [9.17, 15) is 9.59 Å². The van der Waals surface area contributed by atoms with Gasteiger partial charge in [-0.05, 0) is 28.3 Å². The Morgan fingerprint density at radius 3 is 2.52 bits per heavy atom. The molecule has 5 heteroatoms. The van der Waals surface area contributed by atoms with Gasteiger partial charge < -0.3 is 16.0 Å². The van der Waals surface area contributed by atoms with E-state index in [1.807, 2.05) is 42.5 Å². The van der Waals surface area contributed by atoms with Gasteiger partial charge in [0.25, 0.3) is 0 Å². The lowest BCUT2D eigenvalue weighted by atomic mass is 10.0. The Kier molecular flexibility index (Phi) is 5.88. The van der Waals surface area contributed by atoms with Gasteiger partial charge in [-0.3, -0.25) is 9.59 Å². The molecule has 2 aromatic carbocycles. The summed E-state index contributed by atoms with van der Waals surface area (Å²) < 4.78 is 0. The first kappa shape index (κ1) is 16.7. The SMILES string of the molecule is CN(Cc1cccc(-c2ccc(CNC=O)cc2)c1)C(=O)CN. The maximum absolute atomic E-state index is 11.6. The lowest BCUT2D eigenvalue weighted by Crippen LogP contribution is -2.32. The minimum atomic E-state index is -0.0811. The number of amides is 2. The second-order valence-corrected chi connectivity index (χ2v) is 5.35. The molecule has 0 radical (unpaired) electrons. The van der Waals surface area contributed by atoms with Crippen LogP contribution in [0.4, 0.5) is 0 Å². The molecular weight excluding hydrogens is 290 g/mol. The number of hydrogen-bond acceptors (Lipinski definition) is 3. The van der Waals surface area contributed by atoms with Crippen molar-refractivity contribution < 1.29 is 9.59 Å². The normalized spacial score (nSPS) is 10.2. The van der Waals surface area contributed by atoms with Crippen LogP contribution in [0.25, 0.3) is 11.1 Å². The summed E-state index contributed by atoms with van der Waals surface area (Å²) in [5.41, 5.74) is 9.66. The van der Waals surface area contributed by atoms with Crippen molar-refractivity contribution in [2.24, 2.45) is 5.73 Å². The van der Waals surface area contributed by atoms with Crippen LogP contribution in [0.5, 0.6) is 0 Å². The van der Waals surface area contributed by atoms with E-state index in [1.54, 1.807) is 11.9 Å². The zero-order valence-corrected chi connectivity index (χ0v) is 13.2. The summed E-state index contributed by atoms with van der Waals surface area (Å²) in [6, 6.07) is 16.1. The molecule has 2 rings (SSSR count). The molecule has 23 heavy (non-hydrogen) atoms. The third-order valence-electron chi connectivity index (χ3n) is 3.62. The van der Waals surface area contributed by atoms with E-state index in [4.69, 9.17) is 5.73 Å². The molecular formula is C18H21N3O2. The summed E-state index contributed by atoms with van der Waals surface area (Å²) in [7, 11) is 1.75. The second kappa shape index (κ2) is 8.10. The van der Waals surface area contributed by atoms with Gasteiger partial charge in [0, 0.05) is 20.1 Å². The molecule has 2 aromatic rings. The molecule has 0 saturated carbocycles. The standard InChI is InChI=1S/C18H21N3O2/c1-21(18(23)10-19)12-15-3-2-4-17(9-15)16-7-5-14(6-8-16)11-20-13-22/h2-9,13H,10-12,19H2,1H3,(H,20,22). The number of nitrogens with zero attached hydrogens (tertiary/aromatic N) is 1. The molecule has 0 atom stereocenters. The highest BCUT2D eigenvalue weighted by atomic mass is 16.2. The molecule has 0 fully saturated rings. The molecule has 0 aliphatic carbocycles. The third kappa shape index (κ3) is 4.66. The van der Waals surface area contributed by atoms with Crippen LogP contribution in [-0.4, -0.2) is 30.8 Å². The molecule has 0 spiro atoms. The average Bonchev–Trinajstić information content (AvgIpc) is 2.59. The molecule has 0 unspecified atom stereocenters. The fourth-order valence-corrected chi connectivity index (χ4v) is 2.34. The van der Waals surface area contributed by atoms with Crippen LogP contribution in [0, 0.1) is 0 Å². The molecule has 0 aliphatic rings. The summed E-state index contributed by atoms with van der Waals surface area (Å²) in [5.74, 6) is -0.0811. The fraction of sp³-hybridized carbons (Fsp3) is 0.222. The molecule has 3 N–H and O–H groups in total. The van der Waals surface area contributed by atoms with Gasteiger partial charge >= 0.3 is 0 Å². The van der Waals surface area contributed by atoms with E-state index in [-0.39, 0.29) is 12.5 Å². The van der Waals surface area contributed by atoms with Crippen molar-refractivity contribution in [1.82, 2.24) is 10.2 Å². The number of likely N-dealkylation sites (N-methyl/N-ethyl adjacent to an activating group) is 1. The largest absolute Gasteiger partial charge is 0.355 e. The molecule has 0 aliphatic heterocycles. The van der Waals surface area contributed by atoms with Crippen molar-refractivity contribution in [2.75, 3.05) is 13.6 Å². The number of hydrogen-bond donors (Lipinski definition) is 2. The molecule has 2 amide bonds. The Morgan fingerprint density at radius 2 is 1.87 bits per heavy atom. The predicted molar refractivity (Wildman–Crippen MR) is 90.3 cm³/mol. The first-order chi connectivity index (χ1) is 11.1. The quantitative estimate of drug-likeness (QED) is 0.761. The van der Waals surface area contributed by atoms with Crippen LogP contribution in [0.2, 0.25) is 0 Å². The van der Waals surface area contributed by atoms with Crippen LogP contribution >= 0.6 is 0 Å². The summed E-state index contributed by atoms with van der Waals surface area (Å²) >= 11 is 0. The minimum absolute atomic E-state index is 0.0203. The molecule has 0 heterocycles. The van der Waals surface area contributed by atoms with Crippen molar-refractivity contribution in [1.29, 1.82) is 0 Å². The number of carbonyl (C=O) groups excluding carboxylic acids is 2. The molecule has 0 aromatic heterocycles. The zero-order valence-electron chi connectivity index (χ0n) is 13.2. The van der Waals surface area contributed by atoms with Crippen molar-refractivity contribution in [3.8, 4) is 11.1 Å². The first-order valence-electron chi connectivity index (χ1n) is 7.43. The van der Waals surface area contributed by atoms with Gasteiger partial charge in [0.1, 0.15) is 0 Å². The van der Waals surface area contributed by atoms with E-state index >= 15 is 0 Å². The van der Waals surface area contributed by atoms with E-state index in [1.165, 1.54) is 0 Å². The smallest absolute Gasteiger partial charge is 0.236 e. The van der Waals surface area contributed by atoms with Crippen LogP contribution in [0.1, 0.15) is 11.1 Å². The molecule has 5 nitrogen and oxygen atoms in total. The van der Waals surface area contributed by atoms with Crippen LogP contribution in [0.3, 0.4) is 0 Å². The van der Waals surface area contributed by atoms with Crippen LogP contribution in [-0.2, 0) is 22.7 Å². The minimum Gasteiger partial charge on any atom is -0.355 e. The number of rotatable bonds is 7. The highest BCUT2D eigenvalue weighted by Gasteiger charge is 2.07. The molecule has 0 bridgehead atoms. The third-order valence-corrected chi connectivity index (χ3v) is 3.62. The summed E-state index contributed by atoms with van der Waals surface area (Å²) in [4.78, 5) is 23.5. The van der Waals surface area contributed by atoms with Gasteiger partial charge in [0.15, 0.2) is 0 Å². The van der Waals surface area contributed by atoms with E-state index in [0.717, 1.165) is 22.3 Å². The van der Waals surface area contributed by atoms with Gasteiger partial charge in [0.05, 0.1) is 6.54 Å². The zero-order chi connectivity index (χ0) is 16.7. The highest BCUT2D eigenvalue weighted by Crippen LogP contribution is 2.21. The Morgan fingerprint density at radius 1 is 1.13 bits per heavy atom. The van der Waals surface area contributed by atoms with Gasteiger partial charge in [-0.1, -0.05) is 42.5 Å². The average molecular weight is 311 g/mol. The van der Waals surface area contributed by atoms with Gasteiger partial charge in [-0.25, -0.2) is 0 Å². The van der Waals surface area contributed by atoms with Crippen LogP contribution < -0.4 is 11.1 Å². The monoisotopic (exact) mass is 311 g/mol. The van der Waals surface area contributed by atoms with Gasteiger partial charge in [-0.15, -0.1) is 0 Å². The van der Waals surface area contributed by atoms with Crippen molar-refractivity contribution in [3.05, 3.63) is 59.7 Å². The van der Waals surface area contributed by atoms with E-state index < -0.39 is 0 Å². The first-order valence-corrected chi connectivity index (χ1v) is 7.43. The van der Waals surface area contributed by atoms with Crippen LogP contribution in [0.15, 0.2) is 48.5 Å². The fourth-order valence-electron chi connectivity index (χ4n) is 2.34. The Hall–Kier alpha value is -2.66. The number of nitrogens with one attached hydrogen (secondary N) is 1. The lowest BCUT2D eigenvalue weighted by molar-refractivity contribution is -0.128. The Bertz CT molecular complexity index is 668. The van der Waals surface area contributed by atoms with E-state index in [2.05, 4.69) is 11.4 Å². The number of carbonyl (C=O) groups is 2. The van der Waals surface area contributed by atoms with Gasteiger partial charge in [-0.2, -0.15) is 0 Å². The lowest BCUT2D eigenvalue weighted by Gasteiger charge is -2.16.